The first-order valence-corrected chi connectivity index (χ1v) is 10.4. The monoisotopic (exact) mass is 398 g/mol. The van der Waals surface area contributed by atoms with Crippen LogP contribution in [-0.4, -0.2) is 58.4 Å². The van der Waals surface area contributed by atoms with Crippen molar-refractivity contribution in [3.63, 3.8) is 0 Å². The van der Waals surface area contributed by atoms with Gasteiger partial charge in [-0.1, -0.05) is 37.6 Å². The first-order valence-electron chi connectivity index (χ1n) is 10.4. The van der Waals surface area contributed by atoms with Gasteiger partial charge in [0, 0.05) is 32.5 Å². The molecule has 1 aliphatic rings. The van der Waals surface area contributed by atoms with Crippen molar-refractivity contribution >= 4 is 5.97 Å². The van der Waals surface area contributed by atoms with E-state index in [0.717, 1.165) is 25.9 Å². The van der Waals surface area contributed by atoms with Gasteiger partial charge in [-0.05, 0) is 43.9 Å². The fourth-order valence-electron chi connectivity index (χ4n) is 3.76. The van der Waals surface area contributed by atoms with Gasteiger partial charge in [0.1, 0.15) is 0 Å². The minimum Gasteiger partial charge on any atom is -0.481 e. The van der Waals surface area contributed by atoms with E-state index < -0.39 is 24.3 Å². The average Bonchev–Trinajstić information content (AvgIpc) is 2.91. The molecule has 0 aromatic carbocycles. The molecule has 6 nitrogen and oxygen atoms in total. The lowest BCUT2D eigenvalue weighted by Crippen LogP contribution is -2.21. The quantitative estimate of drug-likeness (QED) is 0.265. The van der Waals surface area contributed by atoms with Crippen LogP contribution in [0.2, 0.25) is 0 Å². The van der Waals surface area contributed by atoms with Crippen molar-refractivity contribution < 1.29 is 30.0 Å². The van der Waals surface area contributed by atoms with Crippen LogP contribution in [-0.2, 0) is 9.53 Å². The van der Waals surface area contributed by atoms with E-state index in [1.807, 2.05) is 25.2 Å². The number of hydrogen-bond acceptors (Lipinski definition) is 5. The number of methoxy groups -OCH3 is 1. The summed E-state index contributed by atoms with van der Waals surface area (Å²) in [4.78, 5) is 10.5. The third-order valence-electron chi connectivity index (χ3n) is 5.62. The fraction of sp³-hybridized carbons (Fsp3) is 0.773. The Labute approximate surface area is 168 Å². The summed E-state index contributed by atoms with van der Waals surface area (Å²) in [5.41, 5.74) is 0. The van der Waals surface area contributed by atoms with Crippen molar-refractivity contribution in [1.29, 1.82) is 0 Å². The van der Waals surface area contributed by atoms with E-state index in [-0.39, 0.29) is 24.2 Å². The summed E-state index contributed by atoms with van der Waals surface area (Å²) in [6.07, 6.45) is 11.1. The molecule has 4 N–H and O–H groups in total. The Hall–Kier alpha value is -1.21. The lowest BCUT2D eigenvalue weighted by molar-refractivity contribution is -0.137. The predicted molar refractivity (Wildman–Crippen MR) is 109 cm³/mol. The molecule has 0 amide bonds. The molecular weight excluding hydrogens is 360 g/mol. The predicted octanol–water partition coefficient (Wildman–Crippen LogP) is 2.92. The van der Waals surface area contributed by atoms with Crippen LogP contribution in [0, 0.1) is 17.8 Å². The van der Waals surface area contributed by atoms with E-state index in [4.69, 9.17) is 9.84 Å². The lowest BCUT2D eigenvalue weighted by atomic mass is 9.88. The minimum absolute atomic E-state index is 0.0915. The minimum atomic E-state index is -0.792. The number of allylic oxidation sites excluding steroid dienone is 2. The highest BCUT2D eigenvalue weighted by atomic mass is 16.5. The second-order valence-corrected chi connectivity index (χ2v) is 7.95. The molecule has 0 saturated heterocycles. The van der Waals surface area contributed by atoms with Crippen molar-refractivity contribution in [2.24, 2.45) is 17.8 Å². The molecule has 0 spiro atoms. The van der Waals surface area contributed by atoms with E-state index in [0.29, 0.717) is 25.7 Å². The van der Waals surface area contributed by atoms with Gasteiger partial charge in [-0.15, -0.1) is 0 Å². The van der Waals surface area contributed by atoms with Gasteiger partial charge in [0.25, 0.3) is 0 Å². The number of aliphatic hydroxyl groups excluding tert-OH is 3. The first-order chi connectivity index (χ1) is 13.4. The number of hydrogen-bond donors (Lipinski definition) is 4. The van der Waals surface area contributed by atoms with Crippen LogP contribution in [0.1, 0.15) is 58.3 Å². The maximum Gasteiger partial charge on any atom is 0.303 e. The second kappa shape index (κ2) is 13.9. The highest BCUT2D eigenvalue weighted by Crippen LogP contribution is 2.36. The van der Waals surface area contributed by atoms with Crippen molar-refractivity contribution in [2.75, 3.05) is 13.7 Å². The van der Waals surface area contributed by atoms with Crippen LogP contribution in [0.15, 0.2) is 24.3 Å². The van der Waals surface area contributed by atoms with Gasteiger partial charge in [0.15, 0.2) is 0 Å². The molecule has 0 aliphatic heterocycles. The van der Waals surface area contributed by atoms with Gasteiger partial charge >= 0.3 is 5.97 Å². The Morgan fingerprint density at radius 1 is 1.18 bits per heavy atom. The Morgan fingerprint density at radius 3 is 2.61 bits per heavy atom. The third-order valence-corrected chi connectivity index (χ3v) is 5.62. The normalized spacial score (nSPS) is 27.6. The molecule has 1 rings (SSSR count). The van der Waals surface area contributed by atoms with Gasteiger partial charge in [0.2, 0.25) is 0 Å². The maximum atomic E-state index is 10.5. The maximum absolute atomic E-state index is 10.5. The molecule has 0 unspecified atom stereocenters. The van der Waals surface area contributed by atoms with Gasteiger partial charge in [-0.2, -0.15) is 0 Å². The topological polar surface area (TPSA) is 107 Å². The third kappa shape index (κ3) is 9.32. The van der Waals surface area contributed by atoms with Gasteiger partial charge in [-0.3, -0.25) is 4.79 Å². The first kappa shape index (κ1) is 24.8. The van der Waals surface area contributed by atoms with Crippen molar-refractivity contribution in [1.82, 2.24) is 0 Å². The van der Waals surface area contributed by atoms with Crippen LogP contribution in [0.5, 0.6) is 0 Å². The molecule has 0 aromatic heterocycles. The smallest absolute Gasteiger partial charge is 0.303 e. The van der Waals surface area contributed by atoms with Crippen molar-refractivity contribution in [3.05, 3.63) is 24.3 Å². The molecule has 1 fully saturated rings. The lowest BCUT2D eigenvalue weighted by Gasteiger charge is -2.21. The molecule has 28 heavy (non-hydrogen) atoms. The molecule has 0 bridgehead atoms. The molecule has 0 heterocycles. The molecule has 0 aromatic rings. The summed E-state index contributed by atoms with van der Waals surface area (Å²) in [6, 6.07) is 0. The molecule has 1 saturated carbocycles. The molecule has 1 aliphatic carbocycles. The van der Waals surface area contributed by atoms with E-state index in [2.05, 4.69) is 0 Å². The number of carbonyl (C=O) groups is 1. The number of aliphatic hydroxyl groups is 3. The number of carboxylic acids is 1. The van der Waals surface area contributed by atoms with E-state index in [1.54, 1.807) is 13.2 Å². The molecular formula is C22H38O6. The molecule has 6 heteroatoms. The number of ether oxygens (including phenoxy) is 1. The van der Waals surface area contributed by atoms with Gasteiger partial charge in [0.05, 0.1) is 18.3 Å². The number of rotatable bonds is 14. The zero-order chi connectivity index (χ0) is 20.9. The zero-order valence-corrected chi connectivity index (χ0v) is 17.2. The SMILES string of the molecule is COCCCC[C@@H](C)[C@H](O)/C=C/[C@@H]1[C@@H](C/C=C\CCCC(=O)O)[C@@H](O)C[C@H]1O. The van der Waals surface area contributed by atoms with E-state index in [9.17, 15) is 20.1 Å². The number of carboxylic acid groups (broad SMARTS) is 1. The van der Waals surface area contributed by atoms with Crippen molar-refractivity contribution in [2.45, 2.75) is 76.6 Å². The van der Waals surface area contributed by atoms with Crippen molar-refractivity contribution in [3.8, 4) is 0 Å². The van der Waals surface area contributed by atoms with Crippen LogP contribution in [0.25, 0.3) is 0 Å². The molecule has 6 atom stereocenters. The van der Waals surface area contributed by atoms with Gasteiger partial charge in [-0.25, -0.2) is 0 Å². The van der Waals surface area contributed by atoms with Crippen LogP contribution in [0.4, 0.5) is 0 Å². The second-order valence-electron chi connectivity index (χ2n) is 7.95. The summed E-state index contributed by atoms with van der Waals surface area (Å²) >= 11 is 0. The summed E-state index contributed by atoms with van der Waals surface area (Å²) in [5.74, 6) is -0.941. The Balaban J connectivity index is 2.49. The van der Waals surface area contributed by atoms with E-state index in [1.165, 1.54) is 0 Å². The standard InChI is InChI=1S/C22H38O6/c1-16(9-7-8-14-28-2)19(23)13-12-18-17(20(24)15-21(18)25)10-5-3-4-6-11-22(26)27/h3,5,12-13,16-21,23-25H,4,6-11,14-15H2,1-2H3,(H,26,27)/b5-3-,13-12+/t16-,17-,18-,19-,20+,21-/m1/s1. The van der Waals surface area contributed by atoms with Gasteiger partial charge < -0.3 is 25.2 Å². The number of unbranched alkanes of at least 4 members (excludes halogenated alkanes) is 2. The van der Waals surface area contributed by atoms with Crippen LogP contribution >= 0.6 is 0 Å². The fourth-order valence-corrected chi connectivity index (χ4v) is 3.76. The largest absolute Gasteiger partial charge is 0.481 e. The highest BCUT2D eigenvalue weighted by molar-refractivity contribution is 5.66. The molecule has 162 valence electrons. The van der Waals surface area contributed by atoms with E-state index >= 15 is 0 Å². The summed E-state index contributed by atoms with van der Waals surface area (Å²) in [5, 5.41) is 39.6. The zero-order valence-electron chi connectivity index (χ0n) is 17.2. The average molecular weight is 399 g/mol. The van der Waals surface area contributed by atoms with Crippen LogP contribution < -0.4 is 0 Å². The summed E-state index contributed by atoms with van der Waals surface area (Å²) in [6.45, 7) is 2.75. The number of aliphatic carboxylic acids is 1. The Morgan fingerprint density at radius 2 is 1.93 bits per heavy atom. The molecule has 0 radical (unpaired) electrons. The highest BCUT2D eigenvalue weighted by Gasteiger charge is 2.39. The Bertz CT molecular complexity index is 489. The summed E-state index contributed by atoms with van der Waals surface area (Å²) < 4.78 is 5.04. The Kier molecular flexibility index (Phi) is 12.3. The van der Waals surface area contributed by atoms with Crippen LogP contribution in [0.3, 0.4) is 0 Å². The summed E-state index contributed by atoms with van der Waals surface area (Å²) in [7, 11) is 1.68.